The minimum Gasteiger partial charge on any atom is -0.423 e. The first-order valence-electron chi connectivity index (χ1n) is 3.27. The molecule has 0 aliphatic carbocycles. The smallest absolute Gasteiger partial charge is 0.423 e. The highest BCUT2D eigenvalue weighted by Gasteiger charge is 2.10. The first-order chi connectivity index (χ1) is 5.11. The van der Waals surface area contributed by atoms with Gasteiger partial charge in [0.1, 0.15) is 6.29 Å². The van der Waals surface area contributed by atoms with E-state index in [0.717, 1.165) is 0 Å². The van der Waals surface area contributed by atoms with Gasteiger partial charge >= 0.3 is 7.12 Å². The van der Waals surface area contributed by atoms with Crippen molar-refractivity contribution in [3.05, 3.63) is 23.2 Å². The fourth-order valence-electron chi connectivity index (χ4n) is 0.604. The number of hydrogen-bond acceptors (Lipinski definition) is 3. The average Bonchev–Trinajstić information content (AvgIpc) is 1.99. The molecule has 0 aliphatic heterocycles. The lowest BCUT2D eigenvalue weighted by atomic mass is 9.78. The third-order valence-electron chi connectivity index (χ3n) is 1.21. The first kappa shape index (κ1) is 10.1. The summed E-state index contributed by atoms with van der Waals surface area (Å²) in [7, 11) is -1.50. The van der Waals surface area contributed by atoms with Crippen LogP contribution in [0.5, 0.6) is 0 Å². The highest BCUT2D eigenvalue weighted by molar-refractivity contribution is 6.51. The lowest BCUT2D eigenvalue weighted by Gasteiger charge is -1.97. The highest BCUT2D eigenvalue weighted by atomic mass is 16.4. The van der Waals surface area contributed by atoms with Gasteiger partial charge in [0, 0.05) is 0 Å². The monoisotopic (exact) mass is 154 g/mol. The van der Waals surface area contributed by atoms with Crippen LogP contribution in [-0.4, -0.2) is 23.5 Å². The predicted molar refractivity (Wildman–Crippen MR) is 43.8 cm³/mol. The summed E-state index contributed by atoms with van der Waals surface area (Å²) in [6, 6.07) is 0. The molecule has 0 fully saturated rings. The normalized spacial score (nSPS) is 13.1. The summed E-state index contributed by atoms with van der Waals surface area (Å²) < 4.78 is 0. The maximum atomic E-state index is 10.1. The highest BCUT2D eigenvalue weighted by Crippen LogP contribution is 2.01. The van der Waals surface area contributed by atoms with Crippen LogP contribution in [0.4, 0.5) is 0 Å². The average molecular weight is 154 g/mol. The van der Waals surface area contributed by atoms with Crippen molar-refractivity contribution in [3.8, 4) is 0 Å². The van der Waals surface area contributed by atoms with Gasteiger partial charge in [0.15, 0.2) is 0 Å². The Bertz CT molecular complexity index is 194. The van der Waals surface area contributed by atoms with Gasteiger partial charge in [-0.3, -0.25) is 4.79 Å². The molecule has 0 aromatic carbocycles. The van der Waals surface area contributed by atoms with E-state index in [1.165, 1.54) is 12.2 Å². The quantitative estimate of drug-likeness (QED) is 0.262. The molecule has 2 N–H and O–H groups in total. The van der Waals surface area contributed by atoms with Crippen LogP contribution in [0.1, 0.15) is 13.8 Å². The lowest BCUT2D eigenvalue weighted by Crippen LogP contribution is -2.13. The Morgan fingerprint density at radius 1 is 1.45 bits per heavy atom. The fourth-order valence-corrected chi connectivity index (χ4v) is 0.604. The standard InChI is InChI=1S/C7H11BO3/c1-3-7(8(10)11)4-6(2)5-9/h3-5,10-11H,1-2H3. The Morgan fingerprint density at radius 2 is 2.00 bits per heavy atom. The maximum Gasteiger partial charge on any atom is 0.488 e. The Hall–Kier alpha value is -0.865. The molecule has 11 heavy (non-hydrogen) atoms. The van der Waals surface area contributed by atoms with Crippen molar-refractivity contribution in [1.82, 2.24) is 0 Å². The molecule has 0 rings (SSSR count). The summed E-state index contributed by atoms with van der Waals surface area (Å²) in [5.41, 5.74) is 0.792. The molecule has 0 bridgehead atoms. The topological polar surface area (TPSA) is 57.5 Å². The molecule has 0 aliphatic rings. The molecule has 0 radical (unpaired) electrons. The zero-order chi connectivity index (χ0) is 8.85. The van der Waals surface area contributed by atoms with Crippen LogP contribution < -0.4 is 0 Å². The van der Waals surface area contributed by atoms with Crippen LogP contribution in [0.3, 0.4) is 0 Å². The third kappa shape index (κ3) is 3.75. The third-order valence-corrected chi connectivity index (χ3v) is 1.21. The van der Waals surface area contributed by atoms with E-state index in [9.17, 15) is 4.79 Å². The second kappa shape index (κ2) is 4.88. The van der Waals surface area contributed by atoms with Crippen LogP contribution in [0.2, 0.25) is 0 Å². The molecule has 3 nitrogen and oxygen atoms in total. The molecule has 60 valence electrons. The van der Waals surface area contributed by atoms with E-state index in [4.69, 9.17) is 10.0 Å². The van der Waals surface area contributed by atoms with Crippen LogP contribution in [0.15, 0.2) is 23.2 Å². The molecule has 0 atom stereocenters. The summed E-state index contributed by atoms with van der Waals surface area (Å²) in [6.45, 7) is 3.27. The van der Waals surface area contributed by atoms with Crippen LogP contribution >= 0.6 is 0 Å². The number of aldehydes is 1. The second-order valence-corrected chi connectivity index (χ2v) is 2.17. The van der Waals surface area contributed by atoms with E-state index >= 15 is 0 Å². The van der Waals surface area contributed by atoms with Gasteiger partial charge in [-0.1, -0.05) is 12.2 Å². The molecule has 0 aromatic rings. The molecule has 0 unspecified atom stereocenters. The Labute approximate surface area is 66.2 Å². The van der Waals surface area contributed by atoms with Crippen molar-refractivity contribution in [2.24, 2.45) is 0 Å². The summed E-state index contributed by atoms with van der Waals surface area (Å²) in [4.78, 5) is 10.1. The zero-order valence-electron chi connectivity index (χ0n) is 6.61. The van der Waals surface area contributed by atoms with Crippen LogP contribution in [0, 0.1) is 0 Å². The minimum atomic E-state index is -1.50. The van der Waals surface area contributed by atoms with E-state index in [1.807, 2.05) is 0 Å². The number of carbonyl (C=O) groups is 1. The van der Waals surface area contributed by atoms with Crippen molar-refractivity contribution in [3.63, 3.8) is 0 Å². The largest absolute Gasteiger partial charge is 0.488 e. The Kier molecular flexibility index (Phi) is 4.49. The SMILES string of the molecule is CC=C(C=C(C)C=O)B(O)O. The summed E-state index contributed by atoms with van der Waals surface area (Å²) in [5, 5.41) is 17.4. The number of carbonyl (C=O) groups excluding carboxylic acids is 1. The van der Waals surface area contributed by atoms with Gasteiger partial charge in [0.05, 0.1) is 0 Å². The van der Waals surface area contributed by atoms with Gasteiger partial charge in [-0.15, -0.1) is 0 Å². The van der Waals surface area contributed by atoms with Gasteiger partial charge in [-0.25, -0.2) is 0 Å². The Morgan fingerprint density at radius 3 is 2.27 bits per heavy atom. The van der Waals surface area contributed by atoms with Gasteiger partial charge in [0.2, 0.25) is 0 Å². The van der Waals surface area contributed by atoms with Crippen LogP contribution in [-0.2, 0) is 4.79 Å². The number of rotatable bonds is 3. The second-order valence-electron chi connectivity index (χ2n) is 2.17. The molecule has 0 saturated heterocycles. The minimum absolute atomic E-state index is 0.328. The van der Waals surface area contributed by atoms with Crippen LogP contribution in [0.25, 0.3) is 0 Å². The molecule has 4 heteroatoms. The van der Waals surface area contributed by atoms with E-state index in [0.29, 0.717) is 17.3 Å². The van der Waals surface area contributed by atoms with Gasteiger partial charge < -0.3 is 10.0 Å². The van der Waals surface area contributed by atoms with E-state index in [1.54, 1.807) is 13.8 Å². The van der Waals surface area contributed by atoms with Crippen molar-refractivity contribution in [2.45, 2.75) is 13.8 Å². The van der Waals surface area contributed by atoms with Gasteiger partial charge in [-0.05, 0) is 24.9 Å². The molecule has 0 spiro atoms. The molecule has 0 saturated carbocycles. The van der Waals surface area contributed by atoms with E-state index < -0.39 is 7.12 Å². The van der Waals surface area contributed by atoms with Gasteiger partial charge in [0.25, 0.3) is 0 Å². The maximum absolute atomic E-state index is 10.1. The van der Waals surface area contributed by atoms with Crippen molar-refractivity contribution < 1.29 is 14.8 Å². The lowest BCUT2D eigenvalue weighted by molar-refractivity contribution is -0.104. The molecule has 0 heterocycles. The van der Waals surface area contributed by atoms with Gasteiger partial charge in [-0.2, -0.15) is 0 Å². The summed E-state index contributed by atoms with van der Waals surface area (Å²) in [5.74, 6) is 0. The molecular formula is C7H11BO3. The summed E-state index contributed by atoms with van der Waals surface area (Å²) >= 11 is 0. The molecule has 0 aromatic heterocycles. The molecule has 0 amide bonds. The van der Waals surface area contributed by atoms with Crippen molar-refractivity contribution in [1.29, 1.82) is 0 Å². The van der Waals surface area contributed by atoms with E-state index in [-0.39, 0.29) is 0 Å². The Balaban J connectivity index is 4.44. The van der Waals surface area contributed by atoms with Crippen molar-refractivity contribution in [2.75, 3.05) is 0 Å². The molecular weight excluding hydrogens is 143 g/mol. The number of allylic oxidation sites excluding steroid dienone is 4. The summed E-state index contributed by atoms with van der Waals surface area (Å²) in [6.07, 6.45) is 3.63. The van der Waals surface area contributed by atoms with Crippen molar-refractivity contribution >= 4 is 13.4 Å². The zero-order valence-corrected chi connectivity index (χ0v) is 6.61. The number of hydrogen-bond donors (Lipinski definition) is 2. The first-order valence-corrected chi connectivity index (χ1v) is 3.27. The predicted octanol–water partition coefficient (Wildman–Crippen LogP) is 0.0899. The fraction of sp³-hybridized carbons (Fsp3) is 0.286. The van der Waals surface area contributed by atoms with E-state index in [2.05, 4.69) is 0 Å².